The van der Waals surface area contributed by atoms with Gasteiger partial charge in [-0.05, 0) is 5.56 Å². The number of rotatable bonds is 6. The molecule has 0 aliphatic rings. The fourth-order valence-corrected chi connectivity index (χ4v) is 1.48. The number of hydrogen-bond donors (Lipinski definition) is 3. The molecule has 0 bridgehead atoms. The lowest BCUT2D eigenvalue weighted by Gasteiger charge is -2.15. The van der Waals surface area contributed by atoms with E-state index in [9.17, 15) is 4.79 Å². The third-order valence-electron chi connectivity index (χ3n) is 2.38. The number of benzene rings is 1. The predicted octanol–water partition coefficient (Wildman–Crippen LogP) is 0.627. The first-order chi connectivity index (χ1) is 8.69. The van der Waals surface area contributed by atoms with Gasteiger partial charge < -0.3 is 21.0 Å². The first-order valence-corrected chi connectivity index (χ1v) is 5.51. The molecular formula is C12H17N3O3. The van der Waals surface area contributed by atoms with Gasteiger partial charge in [-0.2, -0.15) is 0 Å². The highest BCUT2D eigenvalue weighted by molar-refractivity contribution is 5.83. The van der Waals surface area contributed by atoms with E-state index in [0.29, 0.717) is 6.54 Å². The molecule has 6 nitrogen and oxygen atoms in total. The molecular weight excluding hydrogens is 234 g/mol. The topological polar surface area (TPSA) is 96.9 Å². The second-order valence-corrected chi connectivity index (χ2v) is 3.66. The van der Waals surface area contributed by atoms with E-state index in [2.05, 4.69) is 10.5 Å². The Kier molecular flexibility index (Phi) is 5.66. The van der Waals surface area contributed by atoms with Crippen molar-refractivity contribution in [2.45, 2.75) is 12.5 Å². The minimum absolute atomic E-state index is 0.0731. The highest BCUT2D eigenvalue weighted by Gasteiger charge is 2.18. The number of methoxy groups -OCH3 is 1. The summed E-state index contributed by atoms with van der Waals surface area (Å²) in [4.78, 5) is 11.9. The quantitative estimate of drug-likeness (QED) is 0.299. The summed E-state index contributed by atoms with van der Waals surface area (Å²) in [6.07, 6.45) is -0.369. The molecule has 6 heteroatoms. The smallest absolute Gasteiger partial charge is 0.253 e. The molecule has 18 heavy (non-hydrogen) atoms. The lowest BCUT2D eigenvalue weighted by Crippen LogP contribution is -2.33. The number of carbonyl (C=O) groups is 1. The lowest BCUT2D eigenvalue weighted by molar-refractivity contribution is -0.131. The van der Waals surface area contributed by atoms with Crippen molar-refractivity contribution in [3.63, 3.8) is 0 Å². The second-order valence-electron chi connectivity index (χ2n) is 3.66. The summed E-state index contributed by atoms with van der Waals surface area (Å²) in [5.74, 6) is -0.182. The molecule has 0 aliphatic heterocycles. The number of amides is 1. The largest absolute Gasteiger partial charge is 0.409 e. The van der Waals surface area contributed by atoms with E-state index >= 15 is 0 Å². The van der Waals surface area contributed by atoms with Crippen molar-refractivity contribution >= 4 is 11.7 Å². The Bertz CT molecular complexity index is 406. The molecule has 1 amide bonds. The summed E-state index contributed by atoms with van der Waals surface area (Å²) in [7, 11) is 1.47. The van der Waals surface area contributed by atoms with Crippen molar-refractivity contribution in [3.8, 4) is 0 Å². The Balaban J connectivity index is 2.53. The summed E-state index contributed by atoms with van der Waals surface area (Å²) in [6.45, 7) is 0.293. The predicted molar refractivity (Wildman–Crippen MR) is 67.2 cm³/mol. The normalized spacial score (nSPS) is 13.1. The molecule has 0 aromatic heterocycles. The minimum Gasteiger partial charge on any atom is -0.409 e. The third-order valence-corrected chi connectivity index (χ3v) is 2.38. The number of nitrogens with one attached hydrogen (secondary N) is 1. The second kappa shape index (κ2) is 7.29. The van der Waals surface area contributed by atoms with E-state index in [0.717, 1.165) is 5.56 Å². The molecule has 1 atom stereocenters. The van der Waals surface area contributed by atoms with Crippen molar-refractivity contribution in [2.75, 3.05) is 13.7 Å². The van der Waals surface area contributed by atoms with E-state index in [-0.39, 0.29) is 18.2 Å². The monoisotopic (exact) mass is 251 g/mol. The molecule has 0 fully saturated rings. The van der Waals surface area contributed by atoms with Crippen molar-refractivity contribution in [1.29, 1.82) is 0 Å². The Morgan fingerprint density at radius 1 is 1.50 bits per heavy atom. The van der Waals surface area contributed by atoms with Crippen molar-refractivity contribution in [1.82, 2.24) is 5.32 Å². The molecule has 98 valence electrons. The van der Waals surface area contributed by atoms with Crippen LogP contribution in [0.4, 0.5) is 0 Å². The van der Waals surface area contributed by atoms with Crippen molar-refractivity contribution < 1.29 is 14.7 Å². The van der Waals surface area contributed by atoms with Crippen LogP contribution in [0.1, 0.15) is 18.1 Å². The van der Waals surface area contributed by atoms with Crippen LogP contribution in [0, 0.1) is 0 Å². The van der Waals surface area contributed by atoms with Crippen LogP contribution in [-0.4, -0.2) is 30.6 Å². The zero-order valence-corrected chi connectivity index (χ0v) is 10.2. The molecule has 0 spiro atoms. The number of nitrogens with two attached hydrogens (primary N) is 1. The first-order valence-electron chi connectivity index (χ1n) is 5.51. The van der Waals surface area contributed by atoms with Crippen LogP contribution >= 0.6 is 0 Å². The highest BCUT2D eigenvalue weighted by atomic mass is 16.5. The minimum atomic E-state index is -0.654. The van der Waals surface area contributed by atoms with Crippen LogP contribution in [-0.2, 0) is 9.53 Å². The Morgan fingerprint density at radius 3 is 2.72 bits per heavy atom. The lowest BCUT2D eigenvalue weighted by atomic mass is 10.1. The van der Waals surface area contributed by atoms with Crippen molar-refractivity contribution in [2.24, 2.45) is 10.9 Å². The molecule has 1 rings (SSSR count). The van der Waals surface area contributed by atoms with E-state index in [1.165, 1.54) is 7.11 Å². The van der Waals surface area contributed by atoms with Gasteiger partial charge in [-0.3, -0.25) is 4.79 Å². The van der Waals surface area contributed by atoms with Crippen LogP contribution in [0.2, 0.25) is 0 Å². The summed E-state index contributed by atoms with van der Waals surface area (Å²) < 4.78 is 5.16. The molecule has 1 aromatic rings. The molecule has 0 aliphatic carbocycles. The summed E-state index contributed by atoms with van der Waals surface area (Å²) in [5, 5.41) is 13.8. The zero-order chi connectivity index (χ0) is 13.4. The van der Waals surface area contributed by atoms with Crippen molar-refractivity contribution in [3.05, 3.63) is 35.9 Å². The fourth-order valence-electron chi connectivity index (χ4n) is 1.48. The SMILES string of the molecule is COC(C(=O)NCC/C(N)=N/O)c1ccccc1. The van der Waals surface area contributed by atoms with Gasteiger partial charge in [0.1, 0.15) is 5.84 Å². The van der Waals surface area contributed by atoms with Crippen LogP contribution in [0.3, 0.4) is 0 Å². The fraction of sp³-hybridized carbons (Fsp3) is 0.333. The number of carbonyl (C=O) groups excluding carboxylic acids is 1. The van der Waals surface area contributed by atoms with Gasteiger partial charge in [-0.1, -0.05) is 35.5 Å². The highest BCUT2D eigenvalue weighted by Crippen LogP contribution is 2.15. The van der Waals surface area contributed by atoms with Gasteiger partial charge in [0.25, 0.3) is 5.91 Å². The van der Waals surface area contributed by atoms with Gasteiger partial charge in [0.15, 0.2) is 6.10 Å². The summed E-state index contributed by atoms with van der Waals surface area (Å²) in [5.41, 5.74) is 6.08. The summed E-state index contributed by atoms with van der Waals surface area (Å²) in [6, 6.07) is 9.18. The number of amidine groups is 1. The van der Waals surface area contributed by atoms with Gasteiger partial charge in [-0.15, -0.1) is 0 Å². The Morgan fingerprint density at radius 2 is 2.17 bits per heavy atom. The van der Waals surface area contributed by atoms with Gasteiger partial charge >= 0.3 is 0 Å². The van der Waals surface area contributed by atoms with Gasteiger partial charge in [-0.25, -0.2) is 0 Å². The van der Waals surface area contributed by atoms with E-state index in [4.69, 9.17) is 15.7 Å². The molecule has 4 N–H and O–H groups in total. The standard InChI is InChI=1S/C12H17N3O3/c1-18-11(9-5-3-2-4-6-9)12(16)14-8-7-10(13)15-17/h2-6,11,17H,7-8H2,1H3,(H2,13,15)(H,14,16). The number of ether oxygens (including phenoxy) is 1. The van der Waals surface area contributed by atoms with Crippen LogP contribution in [0.15, 0.2) is 35.5 Å². The van der Waals surface area contributed by atoms with Crippen LogP contribution < -0.4 is 11.1 Å². The Labute approximate surface area is 105 Å². The van der Waals surface area contributed by atoms with Crippen LogP contribution in [0.5, 0.6) is 0 Å². The Hall–Kier alpha value is -2.08. The zero-order valence-electron chi connectivity index (χ0n) is 10.2. The molecule has 0 saturated heterocycles. The molecule has 0 radical (unpaired) electrons. The maximum atomic E-state index is 11.9. The maximum Gasteiger partial charge on any atom is 0.253 e. The number of nitrogens with zero attached hydrogens (tertiary/aromatic N) is 1. The summed E-state index contributed by atoms with van der Waals surface area (Å²) >= 11 is 0. The number of oxime groups is 1. The average molecular weight is 251 g/mol. The van der Waals surface area contributed by atoms with Gasteiger partial charge in [0.05, 0.1) is 0 Å². The third kappa shape index (κ3) is 4.06. The van der Waals surface area contributed by atoms with Gasteiger partial charge in [0.2, 0.25) is 0 Å². The molecule has 1 aromatic carbocycles. The average Bonchev–Trinajstić information content (AvgIpc) is 2.40. The molecule has 0 saturated carbocycles. The number of hydrogen-bond acceptors (Lipinski definition) is 4. The van der Waals surface area contributed by atoms with E-state index in [1.807, 2.05) is 30.3 Å². The van der Waals surface area contributed by atoms with E-state index < -0.39 is 6.10 Å². The van der Waals surface area contributed by atoms with E-state index in [1.54, 1.807) is 0 Å². The maximum absolute atomic E-state index is 11.9. The molecule has 0 heterocycles. The van der Waals surface area contributed by atoms with Gasteiger partial charge in [0, 0.05) is 20.1 Å². The first kappa shape index (κ1) is 14.0. The van der Waals surface area contributed by atoms with Crippen LogP contribution in [0.25, 0.3) is 0 Å². The molecule has 1 unspecified atom stereocenters.